The van der Waals surface area contributed by atoms with Crippen LogP contribution in [0.15, 0.2) is 47.3 Å². The smallest absolute Gasteiger partial charge is 0.308 e. The van der Waals surface area contributed by atoms with Gasteiger partial charge in [0, 0.05) is 12.2 Å². The zero-order valence-electron chi connectivity index (χ0n) is 15.1. The first kappa shape index (κ1) is 18.2. The first-order valence-electron chi connectivity index (χ1n) is 8.70. The third-order valence-corrected chi connectivity index (χ3v) is 5.22. The van der Waals surface area contributed by atoms with Crippen molar-refractivity contribution in [2.75, 3.05) is 5.32 Å². The Morgan fingerprint density at radius 1 is 1.23 bits per heavy atom. The molecule has 1 atom stereocenters. The number of aryl methyl sites for hydroxylation is 2. The van der Waals surface area contributed by atoms with Crippen LogP contribution in [-0.2, 0) is 11.3 Å². The first-order chi connectivity index (χ1) is 12.5. The third kappa shape index (κ3) is 3.65. The third-order valence-electron chi connectivity index (χ3n) is 4.28. The normalized spacial score (nSPS) is 12.1. The van der Waals surface area contributed by atoms with Crippen molar-refractivity contribution >= 4 is 33.1 Å². The molecule has 3 rings (SSSR count). The van der Waals surface area contributed by atoms with Crippen LogP contribution >= 0.6 is 11.3 Å². The summed E-state index contributed by atoms with van der Waals surface area (Å²) >= 11 is 1.19. The number of hydrogen-bond acceptors (Lipinski definition) is 4. The highest BCUT2D eigenvalue weighted by atomic mass is 32.1. The molecule has 1 heterocycles. The molecular formula is C20H22N2O3S. The fourth-order valence-corrected chi connectivity index (χ4v) is 3.82. The molecule has 0 unspecified atom stereocenters. The molecule has 1 N–H and O–H groups in total. The maximum atomic E-state index is 12.6. The molecule has 5 nitrogen and oxygen atoms in total. The second-order valence-electron chi connectivity index (χ2n) is 6.06. The molecule has 1 aromatic heterocycles. The van der Waals surface area contributed by atoms with E-state index in [2.05, 4.69) is 5.32 Å². The summed E-state index contributed by atoms with van der Waals surface area (Å²) in [4.78, 5) is 24.6. The molecule has 0 fully saturated rings. The predicted octanol–water partition coefficient (Wildman–Crippen LogP) is 4.19. The van der Waals surface area contributed by atoms with Gasteiger partial charge in [-0.2, -0.15) is 0 Å². The Morgan fingerprint density at radius 2 is 2.00 bits per heavy atom. The number of para-hydroxylation sites is 1. The molecule has 0 aliphatic carbocycles. The lowest BCUT2D eigenvalue weighted by Crippen LogP contribution is -2.32. The van der Waals surface area contributed by atoms with E-state index in [0.717, 1.165) is 15.8 Å². The Labute approximate surface area is 156 Å². The lowest BCUT2D eigenvalue weighted by Gasteiger charge is -2.18. The van der Waals surface area contributed by atoms with Crippen LogP contribution in [0.4, 0.5) is 5.69 Å². The van der Waals surface area contributed by atoms with Crippen molar-refractivity contribution < 1.29 is 9.53 Å². The number of aromatic nitrogens is 1. The van der Waals surface area contributed by atoms with Gasteiger partial charge in [-0.25, -0.2) is 0 Å². The molecule has 0 saturated carbocycles. The average molecular weight is 370 g/mol. The Bertz CT molecular complexity index is 990. The number of nitrogens with one attached hydrogen (secondary N) is 1. The van der Waals surface area contributed by atoms with Gasteiger partial charge in [0.25, 0.3) is 5.91 Å². The van der Waals surface area contributed by atoms with Crippen LogP contribution in [0, 0.1) is 6.92 Å². The number of benzene rings is 2. The maximum absolute atomic E-state index is 12.6. The van der Waals surface area contributed by atoms with Gasteiger partial charge in [-0.05, 0) is 50.1 Å². The topological polar surface area (TPSA) is 60.3 Å². The Balaban J connectivity index is 1.78. The van der Waals surface area contributed by atoms with E-state index in [1.54, 1.807) is 4.57 Å². The molecule has 0 aliphatic heterocycles. The molecule has 0 radical (unpaired) electrons. The van der Waals surface area contributed by atoms with Crippen LogP contribution in [0.3, 0.4) is 0 Å². The fourth-order valence-electron chi connectivity index (χ4n) is 2.83. The Kier molecular flexibility index (Phi) is 5.42. The van der Waals surface area contributed by atoms with Gasteiger partial charge in [-0.15, -0.1) is 0 Å². The van der Waals surface area contributed by atoms with Crippen molar-refractivity contribution in [3.8, 4) is 5.75 Å². The number of nitrogens with zero attached hydrogens (tertiary/aromatic N) is 1. The van der Waals surface area contributed by atoms with E-state index in [1.165, 1.54) is 11.3 Å². The summed E-state index contributed by atoms with van der Waals surface area (Å²) in [5, 5.41) is 2.90. The predicted molar refractivity (Wildman–Crippen MR) is 106 cm³/mol. The molecule has 1 amide bonds. The van der Waals surface area contributed by atoms with Crippen molar-refractivity contribution in [2.24, 2.45) is 0 Å². The van der Waals surface area contributed by atoms with Crippen LogP contribution in [0.5, 0.6) is 5.75 Å². The number of anilines is 1. The Hall–Kier alpha value is -2.60. The van der Waals surface area contributed by atoms with Gasteiger partial charge < -0.3 is 10.1 Å². The van der Waals surface area contributed by atoms with Gasteiger partial charge >= 0.3 is 4.87 Å². The average Bonchev–Trinajstić information content (AvgIpc) is 2.95. The van der Waals surface area contributed by atoms with Crippen LogP contribution in [-0.4, -0.2) is 16.6 Å². The summed E-state index contributed by atoms with van der Waals surface area (Å²) in [5.41, 5.74) is 2.55. The van der Waals surface area contributed by atoms with Crippen LogP contribution in [0.2, 0.25) is 0 Å². The van der Waals surface area contributed by atoms with E-state index in [9.17, 15) is 9.59 Å². The van der Waals surface area contributed by atoms with Gasteiger partial charge in [0.1, 0.15) is 5.75 Å². The zero-order valence-corrected chi connectivity index (χ0v) is 15.9. The number of carbonyl (C=O) groups excluding carboxylic acids is 1. The largest absolute Gasteiger partial charge is 0.480 e. The summed E-state index contributed by atoms with van der Waals surface area (Å²) in [6.45, 7) is 6.44. The summed E-state index contributed by atoms with van der Waals surface area (Å²) in [6, 6.07) is 13.2. The van der Waals surface area contributed by atoms with E-state index in [-0.39, 0.29) is 10.8 Å². The van der Waals surface area contributed by atoms with Crippen molar-refractivity contribution in [1.82, 2.24) is 4.57 Å². The summed E-state index contributed by atoms with van der Waals surface area (Å²) < 4.78 is 8.48. The number of rotatable bonds is 6. The number of thiazole rings is 1. The molecule has 6 heteroatoms. The highest BCUT2D eigenvalue weighted by molar-refractivity contribution is 7.16. The van der Waals surface area contributed by atoms with Gasteiger partial charge in [-0.3, -0.25) is 14.2 Å². The van der Waals surface area contributed by atoms with Gasteiger partial charge in [-0.1, -0.05) is 36.5 Å². The minimum atomic E-state index is -0.578. The molecular weight excluding hydrogens is 348 g/mol. The zero-order chi connectivity index (χ0) is 18.7. The van der Waals surface area contributed by atoms with Crippen LogP contribution < -0.4 is 14.9 Å². The standard InChI is InChI=1S/C20H22N2O3S/c1-4-16(25-17-9-7-6-8-13(17)3)19(23)21-14-10-11-15-18(12-14)26-20(24)22(15)5-2/h6-12,16H,4-5H2,1-3H3,(H,21,23)/t16-/m0/s1. The molecule has 26 heavy (non-hydrogen) atoms. The molecule has 0 aliphatic rings. The van der Waals surface area contributed by atoms with E-state index in [4.69, 9.17) is 4.74 Å². The molecule has 0 bridgehead atoms. The van der Waals surface area contributed by atoms with Gasteiger partial charge in [0.2, 0.25) is 0 Å². The van der Waals surface area contributed by atoms with Crippen molar-refractivity contribution in [3.05, 3.63) is 57.7 Å². The molecule has 3 aromatic rings. The van der Waals surface area contributed by atoms with Crippen LogP contribution in [0.25, 0.3) is 10.2 Å². The molecule has 0 saturated heterocycles. The van der Waals surface area contributed by atoms with Crippen molar-refractivity contribution in [2.45, 2.75) is 39.8 Å². The number of carbonyl (C=O) groups is 1. The van der Waals surface area contributed by atoms with Gasteiger partial charge in [0.05, 0.1) is 10.2 Å². The SMILES string of the molecule is CC[C@H](Oc1ccccc1C)C(=O)Nc1ccc2c(c1)sc(=O)n2CC. The van der Waals surface area contributed by atoms with Crippen LogP contribution in [0.1, 0.15) is 25.8 Å². The van der Waals surface area contributed by atoms with Crippen molar-refractivity contribution in [3.63, 3.8) is 0 Å². The van der Waals surface area contributed by atoms with Crippen molar-refractivity contribution in [1.29, 1.82) is 0 Å². The quantitative estimate of drug-likeness (QED) is 0.708. The number of ether oxygens (including phenoxy) is 1. The summed E-state index contributed by atoms with van der Waals surface area (Å²) in [7, 11) is 0. The summed E-state index contributed by atoms with van der Waals surface area (Å²) in [5.74, 6) is 0.514. The number of fused-ring (bicyclic) bond motifs is 1. The maximum Gasteiger partial charge on any atom is 0.308 e. The highest BCUT2D eigenvalue weighted by Crippen LogP contribution is 2.23. The lowest BCUT2D eigenvalue weighted by molar-refractivity contribution is -0.122. The Morgan fingerprint density at radius 3 is 2.69 bits per heavy atom. The summed E-state index contributed by atoms with van der Waals surface area (Å²) in [6.07, 6.45) is -0.0205. The lowest BCUT2D eigenvalue weighted by atomic mass is 10.2. The molecule has 0 spiro atoms. The van der Waals surface area contributed by atoms with E-state index < -0.39 is 6.10 Å². The molecule has 136 valence electrons. The highest BCUT2D eigenvalue weighted by Gasteiger charge is 2.19. The van der Waals surface area contributed by atoms with E-state index in [1.807, 2.05) is 63.2 Å². The second-order valence-corrected chi connectivity index (χ2v) is 7.06. The first-order valence-corrected chi connectivity index (χ1v) is 9.51. The van der Waals surface area contributed by atoms with Gasteiger partial charge in [0.15, 0.2) is 6.10 Å². The van der Waals surface area contributed by atoms with E-state index in [0.29, 0.717) is 24.4 Å². The second kappa shape index (κ2) is 7.74. The van der Waals surface area contributed by atoms with E-state index >= 15 is 0 Å². The minimum absolute atomic E-state index is 0.0142. The fraction of sp³-hybridized carbons (Fsp3) is 0.300. The number of hydrogen-bond donors (Lipinski definition) is 1. The minimum Gasteiger partial charge on any atom is -0.480 e. The number of amides is 1. The monoisotopic (exact) mass is 370 g/mol. The molecule has 2 aromatic carbocycles.